The summed E-state index contributed by atoms with van der Waals surface area (Å²) in [4.78, 5) is 10.1. The van der Waals surface area contributed by atoms with Crippen LogP contribution in [0.25, 0.3) is 0 Å². The van der Waals surface area contributed by atoms with Crippen molar-refractivity contribution in [3.8, 4) is 11.5 Å². The first kappa shape index (κ1) is 16.6. The molecular weight excluding hydrogens is 322 g/mol. The number of nitro benzene ring substituents is 1. The lowest BCUT2D eigenvalue weighted by atomic mass is 10.2. The van der Waals surface area contributed by atoms with Crippen LogP contribution in [0.1, 0.15) is 11.1 Å². The number of aryl methyl sites for hydroxylation is 1. The SMILES string of the molecule is COc1cc(/C=N\Nc2ccc(C)c(Cl)c2)cc([N+](=O)[O-])c1[O-]. The minimum atomic E-state index is -0.770. The third kappa shape index (κ3) is 3.89. The van der Waals surface area contributed by atoms with Gasteiger partial charge in [-0.05, 0) is 30.7 Å². The lowest BCUT2D eigenvalue weighted by Gasteiger charge is -2.13. The van der Waals surface area contributed by atoms with Gasteiger partial charge in [0, 0.05) is 22.4 Å². The summed E-state index contributed by atoms with van der Waals surface area (Å²) in [5, 5.41) is 27.2. The summed E-state index contributed by atoms with van der Waals surface area (Å²) in [6.07, 6.45) is 1.35. The molecule has 0 radical (unpaired) electrons. The van der Waals surface area contributed by atoms with Gasteiger partial charge in [0.05, 0.1) is 23.9 Å². The van der Waals surface area contributed by atoms with Gasteiger partial charge < -0.3 is 9.84 Å². The number of halogens is 1. The van der Waals surface area contributed by atoms with Crippen molar-refractivity contribution >= 4 is 29.2 Å². The Hall–Kier alpha value is -2.80. The summed E-state index contributed by atoms with van der Waals surface area (Å²) in [5.74, 6) is -0.882. The number of rotatable bonds is 5. The molecule has 7 nitrogen and oxygen atoms in total. The molecule has 0 aromatic heterocycles. The van der Waals surface area contributed by atoms with Crippen LogP contribution in [-0.4, -0.2) is 18.2 Å². The Kier molecular flexibility index (Phi) is 5.02. The van der Waals surface area contributed by atoms with Gasteiger partial charge in [-0.1, -0.05) is 17.7 Å². The van der Waals surface area contributed by atoms with E-state index in [-0.39, 0.29) is 5.75 Å². The summed E-state index contributed by atoms with van der Waals surface area (Å²) >= 11 is 6.00. The van der Waals surface area contributed by atoms with Crippen LogP contribution in [0.5, 0.6) is 11.5 Å². The number of anilines is 1. The number of benzene rings is 2. The molecule has 0 heterocycles. The lowest BCUT2D eigenvalue weighted by molar-refractivity contribution is -0.398. The van der Waals surface area contributed by atoms with Crippen molar-refractivity contribution in [3.05, 3.63) is 56.6 Å². The van der Waals surface area contributed by atoms with Crippen LogP contribution in [0.4, 0.5) is 11.4 Å². The van der Waals surface area contributed by atoms with Crippen molar-refractivity contribution in [2.45, 2.75) is 6.92 Å². The van der Waals surface area contributed by atoms with E-state index in [1.165, 1.54) is 19.4 Å². The quantitative estimate of drug-likeness (QED) is 0.514. The molecule has 2 aromatic carbocycles. The molecule has 0 spiro atoms. The molecule has 0 fully saturated rings. The molecule has 0 saturated carbocycles. The van der Waals surface area contributed by atoms with Crippen LogP contribution in [0.15, 0.2) is 35.4 Å². The van der Waals surface area contributed by atoms with Crippen molar-refractivity contribution < 1.29 is 14.8 Å². The molecule has 2 rings (SSSR count). The number of hydrogen-bond donors (Lipinski definition) is 1. The number of methoxy groups -OCH3 is 1. The molecule has 0 aliphatic heterocycles. The molecule has 0 aliphatic rings. The Morgan fingerprint density at radius 2 is 2.09 bits per heavy atom. The zero-order valence-electron chi connectivity index (χ0n) is 12.4. The highest BCUT2D eigenvalue weighted by Gasteiger charge is 2.12. The van der Waals surface area contributed by atoms with Crippen LogP contribution in [-0.2, 0) is 0 Å². The number of nitro groups is 1. The van der Waals surface area contributed by atoms with E-state index in [9.17, 15) is 15.2 Å². The molecule has 23 heavy (non-hydrogen) atoms. The third-order valence-electron chi connectivity index (χ3n) is 3.05. The van der Waals surface area contributed by atoms with Crippen molar-refractivity contribution in [2.75, 3.05) is 12.5 Å². The summed E-state index contributed by atoms with van der Waals surface area (Å²) in [6.45, 7) is 1.88. The number of hydrogen-bond acceptors (Lipinski definition) is 6. The summed E-state index contributed by atoms with van der Waals surface area (Å²) in [6, 6.07) is 7.85. The maximum Gasteiger partial charge on any atom is 0.266 e. The first-order valence-electron chi connectivity index (χ1n) is 6.51. The van der Waals surface area contributed by atoms with Gasteiger partial charge in [0.1, 0.15) is 5.75 Å². The van der Waals surface area contributed by atoms with Crippen LogP contribution in [0.3, 0.4) is 0 Å². The van der Waals surface area contributed by atoms with E-state index in [0.29, 0.717) is 16.3 Å². The van der Waals surface area contributed by atoms with E-state index in [0.717, 1.165) is 11.6 Å². The van der Waals surface area contributed by atoms with Gasteiger partial charge in [0.15, 0.2) is 0 Å². The summed E-state index contributed by atoms with van der Waals surface area (Å²) in [5.41, 5.74) is 4.16. The Bertz CT molecular complexity index is 778. The number of hydrazone groups is 1. The molecule has 0 saturated heterocycles. The van der Waals surface area contributed by atoms with Crippen LogP contribution < -0.4 is 15.3 Å². The predicted octanol–water partition coefficient (Wildman–Crippen LogP) is 3.08. The van der Waals surface area contributed by atoms with Gasteiger partial charge in [-0.3, -0.25) is 15.5 Å². The standard InChI is InChI=1S/C15H14ClN3O4/c1-9-3-4-11(7-12(9)16)18-17-8-10-5-13(19(21)22)15(20)14(6-10)23-2/h3-8,18,20H,1-2H3/p-1/b17-8-. The minimum Gasteiger partial charge on any atom is -0.865 e. The van der Waals surface area contributed by atoms with Crippen LogP contribution in [0, 0.1) is 17.0 Å². The zero-order chi connectivity index (χ0) is 17.0. The van der Waals surface area contributed by atoms with E-state index in [1.807, 2.05) is 13.0 Å². The second-order valence-corrected chi connectivity index (χ2v) is 5.07. The molecule has 0 aliphatic carbocycles. The molecule has 1 N–H and O–H groups in total. The first-order valence-corrected chi connectivity index (χ1v) is 6.89. The molecule has 2 aromatic rings. The van der Waals surface area contributed by atoms with E-state index >= 15 is 0 Å². The van der Waals surface area contributed by atoms with Gasteiger partial charge >= 0.3 is 0 Å². The normalized spacial score (nSPS) is 10.7. The van der Waals surface area contributed by atoms with Gasteiger partial charge in [-0.25, -0.2) is 0 Å². The van der Waals surface area contributed by atoms with Gasteiger partial charge in [-0.2, -0.15) is 5.10 Å². The molecular formula is C15H13ClN3O4-. The van der Waals surface area contributed by atoms with E-state index in [4.69, 9.17) is 16.3 Å². The lowest BCUT2D eigenvalue weighted by Crippen LogP contribution is -2.02. The van der Waals surface area contributed by atoms with Gasteiger partial charge in [0.25, 0.3) is 5.69 Å². The predicted molar refractivity (Wildman–Crippen MR) is 86.5 cm³/mol. The second kappa shape index (κ2) is 6.97. The van der Waals surface area contributed by atoms with Crippen LogP contribution >= 0.6 is 11.6 Å². The van der Waals surface area contributed by atoms with Crippen LogP contribution in [0.2, 0.25) is 5.02 Å². The van der Waals surface area contributed by atoms with Crippen molar-refractivity contribution in [3.63, 3.8) is 0 Å². The first-order chi connectivity index (χ1) is 10.9. The van der Waals surface area contributed by atoms with E-state index in [2.05, 4.69) is 10.5 Å². The van der Waals surface area contributed by atoms with E-state index < -0.39 is 16.4 Å². The molecule has 8 heteroatoms. The average Bonchev–Trinajstić information content (AvgIpc) is 2.51. The number of nitrogens with one attached hydrogen (secondary N) is 1. The smallest absolute Gasteiger partial charge is 0.266 e. The molecule has 120 valence electrons. The fraction of sp³-hybridized carbons (Fsp3) is 0.133. The maximum absolute atomic E-state index is 11.7. The highest BCUT2D eigenvalue weighted by atomic mass is 35.5. The number of ether oxygens (including phenoxy) is 1. The Morgan fingerprint density at radius 1 is 1.35 bits per heavy atom. The largest absolute Gasteiger partial charge is 0.865 e. The molecule has 0 unspecified atom stereocenters. The Balaban J connectivity index is 2.23. The highest BCUT2D eigenvalue weighted by molar-refractivity contribution is 6.31. The average molecular weight is 335 g/mol. The van der Waals surface area contributed by atoms with Crippen molar-refractivity contribution in [2.24, 2.45) is 5.10 Å². The van der Waals surface area contributed by atoms with Gasteiger partial charge in [-0.15, -0.1) is 0 Å². The summed E-state index contributed by atoms with van der Waals surface area (Å²) in [7, 11) is 1.27. The summed E-state index contributed by atoms with van der Waals surface area (Å²) < 4.78 is 4.85. The fourth-order valence-electron chi connectivity index (χ4n) is 1.81. The molecule has 0 bridgehead atoms. The van der Waals surface area contributed by atoms with Crippen molar-refractivity contribution in [1.82, 2.24) is 0 Å². The topological polar surface area (TPSA) is 99.8 Å². The molecule has 0 atom stereocenters. The Morgan fingerprint density at radius 3 is 2.70 bits per heavy atom. The monoisotopic (exact) mass is 334 g/mol. The second-order valence-electron chi connectivity index (χ2n) is 4.66. The molecule has 0 amide bonds. The van der Waals surface area contributed by atoms with Gasteiger partial charge in [0.2, 0.25) is 0 Å². The number of nitrogens with zero attached hydrogens (tertiary/aromatic N) is 2. The van der Waals surface area contributed by atoms with E-state index in [1.54, 1.807) is 12.1 Å². The highest BCUT2D eigenvalue weighted by Crippen LogP contribution is 2.33. The Labute approximate surface area is 137 Å². The zero-order valence-corrected chi connectivity index (χ0v) is 13.1. The minimum absolute atomic E-state index is 0.112. The third-order valence-corrected chi connectivity index (χ3v) is 3.46. The maximum atomic E-state index is 11.7. The fourth-order valence-corrected chi connectivity index (χ4v) is 1.99. The van der Waals surface area contributed by atoms with Crippen molar-refractivity contribution in [1.29, 1.82) is 0 Å².